The SMILES string of the molecule is CCc1nc(N2CCN(C(=O)Nc3ccc(Cl)cc3)CC2)c2c3c(sc2n1)CCCC3. The molecule has 1 fully saturated rings. The summed E-state index contributed by atoms with van der Waals surface area (Å²) in [6.07, 6.45) is 5.63. The Balaban J connectivity index is 1.34. The monoisotopic (exact) mass is 455 g/mol. The highest BCUT2D eigenvalue weighted by Gasteiger charge is 2.27. The van der Waals surface area contributed by atoms with Crippen LogP contribution in [0.5, 0.6) is 0 Å². The number of nitrogens with zero attached hydrogens (tertiary/aromatic N) is 4. The van der Waals surface area contributed by atoms with Gasteiger partial charge >= 0.3 is 6.03 Å². The lowest BCUT2D eigenvalue weighted by atomic mass is 9.97. The predicted octanol–water partition coefficient (Wildman–Crippen LogP) is 5.14. The molecule has 8 heteroatoms. The molecular formula is C23H26ClN5OS. The molecule has 2 aromatic heterocycles. The summed E-state index contributed by atoms with van der Waals surface area (Å²) in [5, 5.41) is 4.88. The summed E-state index contributed by atoms with van der Waals surface area (Å²) in [6.45, 7) is 4.98. The van der Waals surface area contributed by atoms with Crippen molar-refractivity contribution in [3.8, 4) is 0 Å². The standard InChI is InChI=1S/C23H26ClN5OS/c1-2-19-26-21(20-17-5-3-4-6-18(17)31-22(20)27-19)28-11-13-29(14-12-28)23(30)25-16-9-7-15(24)8-10-16/h7-10H,2-6,11-14H2,1H3,(H,25,30). The van der Waals surface area contributed by atoms with E-state index in [4.69, 9.17) is 21.6 Å². The highest BCUT2D eigenvalue weighted by atomic mass is 35.5. The maximum Gasteiger partial charge on any atom is 0.321 e. The quantitative estimate of drug-likeness (QED) is 0.594. The van der Waals surface area contributed by atoms with Crippen molar-refractivity contribution in [2.75, 3.05) is 36.4 Å². The molecule has 2 amide bonds. The first-order valence-corrected chi connectivity index (χ1v) is 12.2. The van der Waals surface area contributed by atoms with Gasteiger partial charge in [0.05, 0.1) is 5.39 Å². The Kier molecular flexibility index (Phi) is 5.71. The lowest BCUT2D eigenvalue weighted by Crippen LogP contribution is -2.50. The number of anilines is 2. The summed E-state index contributed by atoms with van der Waals surface area (Å²) in [5.41, 5.74) is 2.22. The average Bonchev–Trinajstić information content (AvgIpc) is 3.18. The van der Waals surface area contributed by atoms with Gasteiger partial charge in [0.1, 0.15) is 16.5 Å². The minimum absolute atomic E-state index is 0.0723. The largest absolute Gasteiger partial charge is 0.352 e. The number of piperazine rings is 1. The normalized spacial score (nSPS) is 16.5. The van der Waals surface area contributed by atoms with Crippen LogP contribution in [0.3, 0.4) is 0 Å². The fourth-order valence-electron chi connectivity index (χ4n) is 4.43. The van der Waals surface area contributed by atoms with Gasteiger partial charge in [-0.15, -0.1) is 11.3 Å². The van der Waals surface area contributed by atoms with E-state index in [0.29, 0.717) is 18.1 Å². The first-order chi connectivity index (χ1) is 15.1. The Labute approximate surface area is 191 Å². The molecule has 5 rings (SSSR count). The Bertz CT molecular complexity index is 1110. The van der Waals surface area contributed by atoms with Crippen LogP contribution in [0.4, 0.5) is 16.3 Å². The van der Waals surface area contributed by atoms with Crippen LogP contribution < -0.4 is 10.2 Å². The maximum absolute atomic E-state index is 12.7. The zero-order valence-electron chi connectivity index (χ0n) is 17.7. The second-order valence-electron chi connectivity index (χ2n) is 8.12. The molecule has 0 bridgehead atoms. The van der Waals surface area contributed by atoms with Gasteiger partial charge in [-0.05, 0) is 55.5 Å². The number of nitrogens with one attached hydrogen (secondary N) is 1. The summed E-state index contributed by atoms with van der Waals surface area (Å²) >= 11 is 7.79. The summed E-state index contributed by atoms with van der Waals surface area (Å²) in [6, 6.07) is 7.13. The zero-order valence-corrected chi connectivity index (χ0v) is 19.2. The third-order valence-electron chi connectivity index (χ3n) is 6.12. The molecule has 3 aromatic rings. The molecule has 0 saturated carbocycles. The fraction of sp³-hybridized carbons (Fsp3) is 0.435. The van der Waals surface area contributed by atoms with Crippen molar-refractivity contribution >= 4 is 50.7 Å². The van der Waals surface area contributed by atoms with Gasteiger partial charge in [-0.2, -0.15) is 0 Å². The zero-order chi connectivity index (χ0) is 21.4. The van der Waals surface area contributed by atoms with Crippen molar-refractivity contribution < 1.29 is 4.79 Å². The molecule has 1 N–H and O–H groups in total. The molecule has 0 spiro atoms. The average molecular weight is 456 g/mol. The van der Waals surface area contributed by atoms with E-state index in [1.165, 1.54) is 28.7 Å². The molecule has 2 aliphatic rings. The molecule has 1 aromatic carbocycles. The number of halogens is 1. The van der Waals surface area contributed by atoms with Crippen molar-refractivity contribution in [3.05, 3.63) is 45.6 Å². The van der Waals surface area contributed by atoms with Gasteiger partial charge in [-0.3, -0.25) is 0 Å². The van der Waals surface area contributed by atoms with E-state index in [1.807, 2.05) is 28.4 Å². The fourth-order valence-corrected chi connectivity index (χ4v) is 5.83. The second kappa shape index (κ2) is 8.63. The van der Waals surface area contributed by atoms with Crippen molar-refractivity contribution in [1.29, 1.82) is 0 Å². The van der Waals surface area contributed by atoms with Crippen LogP contribution >= 0.6 is 22.9 Å². The number of aryl methyl sites for hydroxylation is 3. The van der Waals surface area contributed by atoms with Crippen LogP contribution in [-0.2, 0) is 19.3 Å². The Morgan fingerprint density at radius 2 is 1.84 bits per heavy atom. The van der Waals surface area contributed by atoms with Crippen LogP contribution in [0, 0.1) is 0 Å². The minimum atomic E-state index is -0.0723. The van der Waals surface area contributed by atoms with Gasteiger partial charge in [-0.25, -0.2) is 14.8 Å². The molecule has 0 radical (unpaired) electrons. The molecule has 0 atom stereocenters. The van der Waals surface area contributed by atoms with E-state index < -0.39 is 0 Å². The lowest BCUT2D eigenvalue weighted by Gasteiger charge is -2.36. The second-order valence-corrected chi connectivity index (χ2v) is 9.64. The maximum atomic E-state index is 12.7. The predicted molar refractivity (Wildman–Crippen MR) is 128 cm³/mol. The number of hydrogen-bond acceptors (Lipinski definition) is 5. The summed E-state index contributed by atoms with van der Waals surface area (Å²) in [7, 11) is 0. The van der Waals surface area contributed by atoms with Gasteiger partial charge < -0.3 is 15.1 Å². The van der Waals surface area contributed by atoms with Gasteiger partial charge in [0, 0.05) is 48.2 Å². The van der Waals surface area contributed by atoms with Gasteiger partial charge in [0.2, 0.25) is 0 Å². The van der Waals surface area contributed by atoms with E-state index >= 15 is 0 Å². The van der Waals surface area contributed by atoms with Crippen LogP contribution in [0.15, 0.2) is 24.3 Å². The topological polar surface area (TPSA) is 61.4 Å². The van der Waals surface area contributed by atoms with Crippen LogP contribution in [0.2, 0.25) is 5.02 Å². The number of urea groups is 1. The number of carbonyl (C=O) groups is 1. The number of aromatic nitrogens is 2. The Morgan fingerprint density at radius 1 is 1.10 bits per heavy atom. The number of thiophene rings is 1. The van der Waals surface area contributed by atoms with Crippen LogP contribution in [0.1, 0.15) is 36.0 Å². The van der Waals surface area contributed by atoms with Gasteiger partial charge in [0.25, 0.3) is 0 Å². The first-order valence-electron chi connectivity index (χ1n) is 11.0. The van der Waals surface area contributed by atoms with E-state index in [-0.39, 0.29) is 6.03 Å². The van der Waals surface area contributed by atoms with E-state index in [2.05, 4.69) is 17.1 Å². The van der Waals surface area contributed by atoms with Crippen LogP contribution in [-0.4, -0.2) is 47.1 Å². The van der Waals surface area contributed by atoms with E-state index in [1.54, 1.807) is 12.1 Å². The van der Waals surface area contributed by atoms with Crippen LogP contribution in [0.25, 0.3) is 10.2 Å². The Hall–Kier alpha value is -2.38. The highest BCUT2D eigenvalue weighted by Crippen LogP contribution is 2.40. The summed E-state index contributed by atoms with van der Waals surface area (Å²) in [5.74, 6) is 1.98. The van der Waals surface area contributed by atoms with Crippen molar-refractivity contribution in [3.63, 3.8) is 0 Å². The summed E-state index contributed by atoms with van der Waals surface area (Å²) < 4.78 is 0. The van der Waals surface area contributed by atoms with Crippen molar-refractivity contribution in [2.24, 2.45) is 0 Å². The van der Waals surface area contributed by atoms with Crippen molar-refractivity contribution in [1.82, 2.24) is 14.9 Å². The molecule has 6 nitrogen and oxygen atoms in total. The highest BCUT2D eigenvalue weighted by molar-refractivity contribution is 7.19. The van der Waals surface area contributed by atoms with Gasteiger partial charge in [0.15, 0.2) is 0 Å². The third kappa shape index (κ3) is 4.08. The summed E-state index contributed by atoms with van der Waals surface area (Å²) in [4.78, 5) is 29.3. The number of carbonyl (C=O) groups excluding carboxylic acids is 1. The molecule has 1 aliphatic heterocycles. The number of fused-ring (bicyclic) bond motifs is 3. The smallest absolute Gasteiger partial charge is 0.321 e. The molecule has 0 unspecified atom stereocenters. The number of rotatable bonds is 3. The minimum Gasteiger partial charge on any atom is -0.352 e. The lowest BCUT2D eigenvalue weighted by molar-refractivity contribution is 0.208. The van der Waals surface area contributed by atoms with Crippen molar-refractivity contribution in [2.45, 2.75) is 39.0 Å². The molecule has 1 aliphatic carbocycles. The molecular weight excluding hydrogens is 430 g/mol. The number of benzene rings is 1. The van der Waals surface area contributed by atoms with Gasteiger partial charge in [-0.1, -0.05) is 18.5 Å². The molecule has 31 heavy (non-hydrogen) atoms. The van der Waals surface area contributed by atoms with E-state index in [0.717, 1.165) is 54.5 Å². The molecule has 3 heterocycles. The van der Waals surface area contributed by atoms with E-state index in [9.17, 15) is 4.79 Å². The number of amides is 2. The first kappa shape index (κ1) is 20.5. The number of hydrogen-bond donors (Lipinski definition) is 1. The molecule has 162 valence electrons. The molecule has 1 saturated heterocycles. The third-order valence-corrected chi connectivity index (χ3v) is 7.56. The Morgan fingerprint density at radius 3 is 2.58 bits per heavy atom.